The Morgan fingerprint density at radius 1 is 1.36 bits per heavy atom. The average Bonchev–Trinajstić information content (AvgIpc) is 2.98. The Bertz CT molecular complexity index is 867. The van der Waals surface area contributed by atoms with Crippen LogP contribution < -0.4 is 10.3 Å². The van der Waals surface area contributed by atoms with Crippen LogP contribution in [-0.4, -0.2) is 26.8 Å². The Kier molecular flexibility index (Phi) is 3.62. The zero-order valence-electron chi connectivity index (χ0n) is 12.6. The average molecular weight is 300 g/mol. The maximum absolute atomic E-state index is 12.5. The Morgan fingerprint density at radius 2 is 2.18 bits per heavy atom. The molecule has 114 valence electrons. The summed E-state index contributed by atoms with van der Waals surface area (Å²) in [7, 11) is 1.57. The van der Waals surface area contributed by atoms with E-state index < -0.39 is 0 Å². The van der Waals surface area contributed by atoms with Crippen molar-refractivity contribution in [1.82, 2.24) is 19.7 Å². The number of methoxy groups -OCH3 is 1. The van der Waals surface area contributed by atoms with Crippen molar-refractivity contribution >= 4 is 10.9 Å². The first-order valence-electron chi connectivity index (χ1n) is 6.94. The quantitative estimate of drug-likeness (QED) is 0.732. The molecule has 0 aliphatic carbocycles. The predicted molar refractivity (Wildman–Crippen MR) is 80.0 cm³/mol. The summed E-state index contributed by atoms with van der Waals surface area (Å²) in [6.45, 7) is 4.16. The van der Waals surface area contributed by atoms with Gasteiger partial charge >= 0.3 is 0 Å². The van der Waals surface area contributed by atoms with Crippen LogP contribution in [0.3, 0.4) is 0 Å². The molecule has 0 N–H and O–H groups in total. The van der Waals surface area contributed by atoms with Gasteiger partial charge in [0.15, 0.2) is 5.82 Å². The van der Waals surface area contributed by atoms with Crippen LogP contribution in [0, 0.1) is 0 Å². The zero-order chi connectivity index (χ0) is 15.7. The van der Waals surface area contributed by atoms with E-state index in [0.717, 1.165) is 0 Å². The van der Waals surface area contributed by atoms with Crippen LogP contribution in [0.2, 0.25) is 0 Å². The molecule has 0 bridgehead atoms. The van der Waals surface area contributed by atoms with Crippen molar-refractivity contribution < 1.29 is 9.26 Å². The van der Waals surface area contributed by atoms with Crippen molar-refractivity contribution in [2.45, 2.75) is 26.3 Å². The molecule has 1 aromatic carbocycles. The van der Waals surface area contributed by atoms with E-state index in [1.807, 2.05) is 13.8 Å². The van der Waals surface area contributed by atoms with Crippen LogP contribution in [0.4, 0.5) is 0 Å². The molecule has 0 atom stereocenters. The van der Waals surface area contributed by atoms with E-state index >= 15 is 0 Å². The number of rotatable bonds is 4. The number of aromatic nitrogens is 4. The van der Waals surface area contributed by atoms with Crippen LogP contribution in [0.15, 0.2) is 33.8 Å². The number of fused-ring (bicyclic) bond motifs is 1. The molecular formula is C15H16N4O3. The summed E-state index contributed by atoms with van der Waals surface area (Å²) in [5.41, 5.74) is 0.445. The van der Waals surface area contributed by atoms with Gasteiger partial charge in [-0.2, -0.15) is 4.98 Å². The molecule has 0 saturated heterocycles. The molecule has 0 aliphatic rings. The molecule has 2 heterocycles. The largest absolute Gasteiger partial charge is 0.497 e. The van der Waals surface area contributed by atoms with Gasteiger partial charge in [0.25, 0.3) is 5.56 Å². The molecule has 7 nitrogen and oxygen atoms in total. The monoisotopic (exact) mass is 300 g/mol. The van der Waals surface area contributed by atoms with Gasteiger partial charge < -0.3 is 9.26 Å². The van der Waals surface area contributed by atoms with Crippen LogP contribution in [-0.2, 0) is 6.54 Å². The lowest BCUT2D eigenvalue weighted by atomic mass is 10.2. The van der Waals surface area contributed by atoms with E-state index in [4.69, 9.17) is 9.26 Å². The van der Waals surface area contributed by atoms with Gasteiger partial charge in [-0.05, 0) is 12.1 Å². The fourth-order valence-electron chi connectivity index (χ4n) is 2.10. The minimum atomic E-state index is -0.149. The van der Waals surface area contributed by atoms with E-state index in [1.54, 1.807) is 25.3 Å². The molecule has 0 radical (unpaired) electrons. The highest BCUT2D eigenvalue weighted by atomic mass is 16.5. The number of hydrogen-bond donors (Lipinski definition) is 0. The van der Waals surface area contributed by atoms with E-state index in [1.165, 1.54) is 10.9 Å². The number of nitrogens with zero attached hydrogens (tertiary/aromatic N) is 4. The van der Waals surface area contributed by atoms with E-state index in [2.05, 4.69) is 15.1 Å². The van der Waals surface area contributed by atoms with Gasteiger partial charge in [0.2, 0.25) is 5.89 Å². The standard InChI is InChI=1S/C15H16N4O3/c1-9(2)14-17-13(18-22-14)7-19-8-16-12-6-10(21-3)4-5-11(12)15(19)20/h4-6,8-9H,7H2,1-3H3. The molecule has 0 aliphatic heterocycles. The number of ether oxygens (including phenoxy) is 1. The van der Waals surface area contributed by atoms with Crippen LogP contribution in [0.5, 0.6) is 5.75 Å². The van der Waals surface area contributed by atoms with Crippen molar-refractivity contribution in [3.63, 3.8) is 0 Å². The topological polar surface area (TPSA) is 83.0 Å². The van der Waals surface area contributed by atoms with Crippen molar-refractivity contribution in [2.75, 3.05) is 7.11 Å². The molecule has 0 saturated carbocycles. The lowest BCUT2D eigenvalue weighted by Gasteiger charge is -2.05. The number of benzene rings is 1. The maximum atomic E-state index is 12.5. The molecule has 0 spiro atoms. The highest BCUT2D eigenvalue weighted by Gasteiger charge is 2.12. The summed E-state index contributed by atoms with van der Waals surface area (Å²) in [4.78, 5) is 21.0. The van der Waals surface area contributed by atoms with Gasteiger partial charge in [0, 0.05) is 12.0 Å². The third-order valence-electron chi connectivity index (χ3n) is 3.32. The van der Waals surface area contributed by atoms with E-state index in [-0.39, 0.29) is 18.0 Å². The Morgan fingerprint density at radius 3 is 2.86 bits per heavy atom. The van der Waals surface area contributed by atoms with Crippen LogP contribution in [0.25, 0.3) is 10.9 Å². The molecule has 22 heavy (non-hydrogen) atoms. The Labute approximate surface area is 126 Å². The zero-order valence-corrected chi connectivity index (χ0v) is 12.6. The first-order chi connectivity index (χ1) is 10.6. The lowest BCUT2D eigenvalue weighted by Crippen LogP contribution is -2.21. The molecular weight excluding hydrogens is 284 g/mol. The van der Waals surface area contributed by atoms with Gasteiger partial charge in [0.1, 0.15) is 5.75 Å². The second-order valence-corrected chi connectivity index (χ2v) is 5.26. The molecule has 7 heteroatoms. The van der Waals surface area contributed by atoms with Crippen LogP contribution in [0.1, 0.15) is 31.5 Å². The molecule has 3 aromatic rings. The highest BCUT2D eigenvalue weighted by Crippen LogP contribution is 2.16. The second-order valence-electron chi connectivity index (χ2n) is 5.26. The highest BCUT2D eigenvalue weighted by molar-refractivity contribution is 5.78. The van der Waals surface area contributed by atoms with Crippen molar-refractivity contribution in [1.29, 1.82) is 0 Å². The SMILES string of the molecule is COc1ccc2c(=O)n(Cc3noc(C(C)C)n3)cnc2c1. The summed E-state index contributed by atoms with van der Waals surface area (Å²) in [6, 6.07) is 5.17. The molecule has 0 amide bonds. The Balaban J connectivity index is 1.97. The summed E-state index contributed by atoms with van der Waals surface area (Å²) >= 11 is 0. The summed E-state index contributed by atoms with van der Waals surface area (Å²) in [6.07, 6.45) is 1.48. The minimum Gasteiger partial charge on any atom is -0.497 e. The van der Waals surface area contributed by atoms with Gasteiger partial charge in [0.05, 0.1) is 30.9 Å². The maximum Gasteiger partial charge on any atom is 0.261 e. The van der Waals surface area contributed by atoms with E-state index in [0.29, 0.717) is 28.4 Å². The minimum absolute atomic E-state index is 0.149. The summed E-state index contributed by atoms with van der Waals surface area (Å²) in [5, 5.41) is 4.41. The smallest absolute Gasteiger partial charge is 0.261 e. The van der Waals surface area contributed by atoms with Crippen molar-refractivity contribution in [2.24, 2.45) is 0 Å². The third-order valence-corrected chi connectivity index (χ3v) is 3.32. The van der Waals surface area contributed by atoms with Crippen LogP contribution >= 0.6 is 0 Å². The number of hydrogen-bond acceptors (Lipinski definition) is 6. The van der Waals surface area contributed by atoms with Gasteiger partial charge in [-0.1, -0.05) is 19.0 Å². The third kappa shape index (κ3) is 2.57. The second kappa shape index (κ2) is 5.59. The Hall–Kier alpha value is -2.70. The van der Waals surface area contributed by atoms with Gasteiger partial charge in [-0.15, -0.1) is 0 Å². The first kappa shape index (κ1) is 14.2. The van der Waals surface area contributed by atoms with Gasteiger partial charge in [-0.3, -0.25) is 9.36 Å². The fourth-order valence-corrected chi connectivity index (χ4v) is 2.10. The molecule has 2 aromatic heterocycles. The predicted octanol–water partition coefficient (Wildman–Crippen LogP) is 1.96. The summed E-state index contributed by atoms with van der Waals surface area (Å²) in [5.74, 6) is 1.83. The fraction of sp³-hybridized carbons (Fsp3) is 0.333. The normalized spacial score (nSPS) is 11.3. The van der Waals surface area contributed by atoms with Crippen molar-refractivity contribution in [3.8, 4) is 5.75 Å². The lowest BCUT2D eigenvalue weighted by molar-refractivity contribution is 0.359. The molecule has 0 unspecified atom stereocenters. The first-order valence-corrected chi connectivity index (χ1v) is 6.94. The van der Waals surface area contributed by atoms with Gasteiger partial charge in [-0.25, -0.2) is 4.98 Å². The summed E-state index contributed by atoms with van der Waals surface area (Å²) < 4.78 is 11.7. The molecule has 0 fully saturated rings. The molecule has 3 rings (SSSR count). The van der Waals surface area contributed by atoms with E-state index in [9.17, 15) is 4.79 Å². The van der Waals surface area contributed by atoms with Crippen molar-refractivity contribution in [3.05, 3.63) is 46.6 Å².